The van der Waals surface area contributed by atoms with E-state index in [-0.39, 0.29) is 0 Å². The highest BCUT2D eigenvalue weighted by atomic mass is 35.5. The fraction of sp³-hybridized carbons (Fsp3) is 0.222. The van der Waals surface area contributed by atoms with Crippen LogP contribution in [0.3, 0.4) is 0 Å². The molecular weight excluding hydrogens is 300 g/mol. The first-order valence-corrected chi connectivity index (χ1v) is 7.32. The summed E-state index contributed by atoms with van der Waals surface area (Å²) in [4.78, 5) is 0. The third-order valence-electron chi connectivity index (χ3n) is 3.09. The second kappa shape index (κ2) is 8.59. The van der Waals surface area contributed by atoms with Crippen LogP contribution in [0.2, 0.25) is 5.02 Å². The molecule has 0 N–H and O–H groups in total. The van der Waals surface area contributed by atoms with Gasteiger partial charge in [-0.2, -0.15) is 0 Å². The van der Waals surface area contributed by atoms with Crippen molar-refractivity contribution >= 4 is 11.6 Å². The van der Waals surface area contributed by atoms with E-state index in [2.05, 4.69) is 6.58 Å². The number of halogens is 1. The van der Waals surface area contributed by atoms with Crippen LogP contribution in [0.1, 0.15) is 11.1 Å². The molecule has 0 aliphatic carbocycles. The molecule has 0 saturated carbocycles. The van der Waals surface area contributed by atoms with Gasteiger partial charge in [0.15, 0.2) is 6.29 Å². The van der Waals surface area contributed by atoms with E-state index in [1.165, 1.54) is 0 Å². The minimum absolute atomic E-state index is 0.441. The molecule has 2 rings (SSSR count). The molecule has 0 saturated heterocycles. The van der Waals surface area contributed by atoms with E-state index in [1.807, 2.05) is 48.5 Å². The quantitative estimate of drug-likeness (QED) is 0.526. The summed E-state index contributed by atoms with van der Waals surface area (Å²) in [5.74, 6) is 0.822. The maximum atomic E-state index is 5.85. The summed E-state index contributed by atoms with van der Waals surface area (Å²) < 4.78 is 16.5. The summed E-state index contributed by atoms with van der Waals surface area (Å²) in [5.41, 5.74) is 2.08. The van der Waals surface area contributed by atoms with E-state index < -0.39 is 6.29 Å². The lowest BCUT2D eigenvalue weighted by molar-refractivity contribution is -0.126. The van der Waals surface area contributed by atoms with Crippen LogP contribution in [-0.2, 0) is 22.7 Å². The van der Waals surface area contributed by atoms with E-state index in [1.54, 1.807) is 13.2 Å². The van der Waals surface area contributed by atoms with Gasteiger partial charge in [-0.25, -0.2) is 0 Å². The smallest absolute Gasteiger partial charge is 0.177 e. The standard InChI is InChI=1S/C18H19ClO3/c1-3-18(21-12-14-4-8-16(19)9-5-14)22-13-15-6-10-17(20-2)11-7-15/h3-11,18H,1,12-13H2,2H3. The molecule has 0 aliphatic heterocycles. The van der Waals surface area contributed by atoms with Gasteiger partial charge in [-0.1, -0.05) is 42.4 Å². The Kier molecular flexibility index (Phi) is 6.46. The number of benzene rings is 2. The Bertz CT molecular complexity index is 578. The molecule has 0 heterocycles. The van der Waals surface area contributed by atoms with Crippen molar-refractivity contribution in [2.24, 2.45) is 0 Å². The van der Waals surface area contributed by atoms with Crippen molar-refractivity contribution in [2.45, 2.75) is 19.5 Å². The van der Waals surface area contributed by atoms with Crippen molar-refractivity contribution in [2.75, 3.05) is 7.11 Å². The average molecular weight is 319 g/mol. The molecule has 22 heavy (non-hydrogen) atoms. The first-order valence-electron chi connectivity index (χ1n) is 6.94. The summed E-state index contributed by atoms with van der Waals surface area (Å²) in [5, 5.41) is 0.708. The summed E-state index contributed by atoms with van der Waals surface area (Å²) in [6.07, 6.45) is 1.18. The van der Waals surface area contributed by atoms with E-state index >= 15 is 0 Å². The van der Waals surface area contributed by atoms with Crippen LogP contribution in [0.15, 0.2) is 61.2 Å². The fourth-order valence-corrected chi connectivity index (χ4v) is 1.97. The maximum absolute atomic E-state index is 5.85. The fourth-order valence-electron chi connectivity index (χ4n) is 1.84. The van der Waals surface area contributed by atoms with E-state index in [0.717, 1.165) is 16.9 Å². The van der Waals surface area contributed by atoms with Gasteiger partial charge >= 0.3 is 0 Å². The Labute approximate surface area is 136 Å². The number of hydrogen-bond acceptors (Lipinski definition) is 3. The molecule has 116 valence electrons. The highest BCUT2D eigenvalue weighted by Crippen LogP contribution is 2.14. The van der Waals surface area contributed by atoms with E-state index in [9.17, 15) is 0 Å². The molecule has 4 heteroatoms. The second-order valence-electron chi connectivity index (χ2n) is 4.70. The zero-order chi connectivity index (χ0) is 15.8. The summed E-state index contributed by atoms with van der Waals surface area (Å²) in [6.45, 7) is 4.62. The van der Waals surface area contributed by atoms with Crippen molar-refractivity contribution in [3.63, 3.8) is 0 Å². The van der Waals surface area contributed by atoms with Gasteiger partial charge in [0.1, 0.15) is 5.75 Å². The third-order valence-corrected chi connectivity index (χ3v) is 3.35. The highest BCUT2D eigenvalue weighted by molar-refractivity contribution is 6.30. The number of rotatable bonds is 8. The van der Waals surface area contributed by atoms with Gasteiger partial charge in [0.25, 0.3) is 0 Å². The monoisotopic (exact) mass is 318 g/mol. The van der Waals surface area contributed by atoms with Crippen LogP contribution in [0.4, 0.5) is 0 Å². The normalized spacial score (nSPS) is 11.9. The first kappa shape index (κ1) is 16.6. The van der Waals surface area contributed by atoms with E-state index in [0.29, 0.717) is 18.2 Å². The topological polar surface area (TPSA) is 27.7 Å². The molecule has 0 fully saturated rings. The minimum atomic E-state index is -0.460. The predicted octanol–water partition coefficient (Wildman–Crippen LogP) is 4.59. The number of ether oxygens (including phenoxy) is 3. The second-order valence-corrected chi connectivity index (χ2v) is 5.14. The largest absolute Gasteiger partial charge is 0.497 e. The Hall–Kier alpha value is -1.81. The van der Waals surface area contributed by atoms with Crippen LogP contribution in [-0.4, -0.2) is 13.4 Å². The van der Waals surface area contributed by atoms with Crippen LogP contribution >= 0.6 is 11.6 Å². The molecule has 0 spiro atoms. The van der Waals surface area contributed by atoms with Gasteiger partial charge in [0.2, 0.25) is 0 Å². The van der Waals surface area contributed by atoms with Crippen molar-refractivity contribution in [1.29, 1.82) is 0 Å². The molecule has 1 unspecified atom stereocenters. The summed E-state index contributed by atoms with van der Waals surface area (Å²) in [7, 11) is 1.64. The van der Waals surface area contributed by atoms with Crippen molar-refractivity contribution in [1.82, 2.24) is 0 Å². The number of methoxy groups -OCH3 is 1. The Balaban J connectivity index is 1.81. The van der Waals surface area contributed by atoms with Gasteiger partial charge in [-0.15, -0.1) is 0 Å². The third kappa shape index (κ3) is 5.19. The summed E-state index contributed by atoms with van der Waals surface area (Å²) in [6, 6.07) is 15.2. The van der Waals surface area contributed by atoms with Gasteiger partial charge in [-0.3, -0.25) is 0 Å². The maximum Gasteiger partial charge on any atom is 0.177 e. The van der Waals surface area contributed by atoms with Crippen LogP contribution in [0.5, 0.6) is 5.75 Å². The van der Waals surface area contributed by atoms with Crippen molar-refractivity contribution in [3.05, 3.63) is 77.3 Å². The molecule has 3 nitrogen and oxygen atoms in total. The lowest BCUT2D eigenvalue weighted by atomic mass is 10.2. The van der Waals surface area contributed by atoms with Gasteiger partial charge < -0.3 is 14.2 Å². The Morgan fingerprint density at radius 1 is 0.955 bits per heavy atom. The highest BCUT2D eigenvalue weighted by Gasteiger charge is 2.06. The molecule has 0 bridgehead atoms. The molecule has 0 aliphatic rings. The van der Waals surface area contributed by atoms with Gasteiger partial charge in [0, 0.05) is 5.02 Å². The predicted molar refractivity (Wildman–Crippen MR) is 88.0 cm³/mol. The molecule has 0 aromatic heterocycles. The molecule has 1 atom stereocenters. The molecule has 2 aromatic carbocycles. The molecule has 0 radical (unpaired) electrons. The lowest BCUT2D eigenvalue weighted by Crippen LogP contribution is -2.14. The zero-order valence-electron chi connectivity index (χ0n) is 12.5. The lowest BCUT2D eigenvalue weighted by Gasteiger charge is -2.15. The van der Waals surface area contributed by atoms with Crippen LogP contribution < -0.4 is 4.74 Å². The SMILES string of the molecule is C=CC(OCc1ccc(Cl)cc1)OCc1ccc(OC)cc1. The van der Waals surface area contributed by atoms with E-state index in [4.69, 9.17) is 25.8 Å². The summed E-state index contributed by atoms with van der Waals surface area (Å²) >= 11 is 5.85. The molecule has 0 amide bonds. The van der Waals surface area contributed by atoms with Crippen LogP contribution in [0.25, 0.3) is 0 Å². The number of hydrogen-bond donors (Lipinski definition) is 0. The average Bonchev–Trinajstić information content (AvgIpc) is 2.57. The minimum Gasteiger partial charge on any atom is -0.497 e. The first-order chi connectivity index (χ1) is 10.7. The van der Waals surface area contributed by atoms with Gasteiger partial charge in [-0.05, 0) is 41.5 Å². The Morgan fingerprint density at radius 3 is 1.91 bits per heavy atom. The zero-order valence-corrected chi connectivity index (χ0v) is 13.3. The van der Waals surface area contributed by atoms with Gasteiger partial charge in [0.05, 0.1) is 20.3 Å². The molecular formula is C18H19ClO3. The van der Waals surface area contributed by atoms with Crippen LogP contribution in [0, 0.1) is 0 Å². The van der Waals surface area contributed by atoms with Crippen molar-refractivity contribution in [3.8, 4) is 5.75 Å². The van der Waals surface area contributed by atoms with Crippen molar-refractivity contribution < 1.29 is 14.2 Å². The Morgan fingerprint density at radius 2 is 1.45 bits per heavy atom. The molecule has 2 aromatic rings.